The molecule has 2 aliphatic rings. The van der Waals surface area contributed by atoms with Gasteiger partial charge in [-0.1, -0.05) is 30.3 Å². The minimum Gasteiger partial charge on any atom is -0.437 e. The molecule has 2 aliphatic heterocycles. The minimum absolute atomic E-state index is 0.00123. The normalized spacial score (nSPS) is 18.9. The molecule has 1 aromatic carbocycles. The second-order valence-electron chi connectivity index (χ2n) is 6.13. The molecule has 0 N–H and O–H groups in total. The molecule has 2 saturated heterocycles. The Kier molecular flexibility index (Phi) is 3.16. The summed E-state index contributed by atoms with van der Waals surface area (Å²) in [7, 11) is 1.72. The van der Waals surface area contributed by atoms with Gasteiger partial charge in [0.15, 0.2) is 5.60 Å². The topological polar surface area (TPSA) is 49.9 Å². The van der Waals surface area contributed by atoms with Crippen LogP contribution in [0.2, 0.25) is 0 Å². The number of likely N-dealkylation sites (tertiary alicyclic amines) is 1. The lowest BCUT2D eigenvalue weighted by molar-refractivity contribution is -0.0580. The molecule has 0 bridgehead atoms. The van der Waals surface area contributed by atoms with Crippen molar-refractivity contribution in [1.82, 2.24) is 9.80 Å². The van der Waals surface area contributed by atoms with Gasteiger partial charge in [0.2, 0.25) is 0 Å². The molecular formula is C17H16N2O3S. The highest BCUT2D eigenvalue weighted by molar-refractivity contribution is 7.08. The zero-order valence-electron chi connectivity index (χ0n) is 12.7. The summed E-state index contributed by atoms with van der Waals surface area (Å²) >= 11 is 1.52. The number of hydrogen-bond acceptors (Lipinski definition) is 4. The van der Waals surface area contributed by atoms with Gasteiger partial charge in [-0.25, -0.2) is 4.79 Å². The van der Waals surface area contributed by atoms with Crippen molar-refractivity contribution >= 4 is 23.3 Å². The van der Waals surface area contributed by atoms with E-state index in [2.05, 4.69) is 0 Å². The van der Waals surface area contributed by atoms with Crippen LogP contribution in [-0.4, -0.2) is 54.1 Å². The number of thiophene rings is 1. The van der Waals surface area contributed by atoms with Gasteiger partial charge in [-0.2, -0.15) is 11.3 Å². The average molecular weight is 328 g/mol. The molecule has 23 heavy (non-hydrogen) atoms. The van der Waals surface area contributed by atoms with E-state index in [0.29, 0.717) is 25.2 Å². The summed E-state index contributed by atoms with van der Waals surface area (Å²) in [6, 6.07) is 9.90. The number of carbonyl (C=O) groups excluding carboxylic acids is 2. The number of carbonyl (C=O) groups is 2. The summed E-state index contributed by atoms with van der Waals surface area (Å²) in [5.74, 6) is 0.00123. The summed E-state index contributed by atoms with van der Waals surface area (Å²) in [6.45, 7) is 1.47. The van der Waals surface area contributed by atoms with Gasteiger partial charge < -0.3 is 14.5 Å². The summed E-state index contributed by atoms with van der Waals surface area (Å²) in [5, 5.41) is 3.89. The van der Waals surface area contributed by atoms with Crippen molar-refractivity contribution in [2.24, 2.45) is 0 Å². The van der Waals surface area contributed by atoms with Crippen LogP contribution in [0.15, 0.2) is 41.1 Å². The fourth-order valence-electron chi connectivity index (χ4n) is 3.22. The maximum Gasteiger partial charge on any atom is 0.410 e. The standard InChI is InChI=1S/C17H16N2O3S/c1-18-9-17(22-16(18)21)10-19(11-17)15(20)14-8-23-7-13(14)12-5-3-2-4-6-12/h2-8H,9-11H2,1H3. The highest BCUT2D eigenvalue weighted by atomic mass is 32.1. The number of likely N-dealkylation sites (N-methyl/N-ethyl adjacent to an activating group) is 1. The Hall–Kier alpha value is -2.34. The zero-order chi connectivity index (χ0) is 16.0. The SMILES string of the molecule is CN1CC2(CN(C(=O)c3cscc3-c3ccccc3)C2)OC1=O. The molecule has 3 heterocycles. The molecule has 0 unspecified atom stereocenters. The molecule has 0 saturated carbocycles. The second kappa shape index (κ2) is 5.09. The van der Waals surface area contributed by atoms with E-state index in [-0.39, 0.29) is 12.0 Å². The van der Waals surface area contributed by atoms with E-state index in [4.69, 9.17) is 4.74 Å². The minimum atomic E-state index is -0.509. The summed E-state index contributed by atoms with van der Waals surface area (Å²) in [5.41, 5.74) is 2.21. The molecule has 5 nitrogen and oxygen atoms in total. The van der Waals surface area contributed by atoms with E-state index in [1.807, 2.05) is 41.1 Å². The third kappa shape index (κ3) is 2.30. The fourth-order valence-corrected chi connectivity index (χ4v) is 4.06. The third-order valence-corrected chi connectivity index (χ3v) is 5.11. The first kappa shape index (κ1) is 14.3. The molecule has 2 fully saturated rings. The molecule has 6 heteroatoms. The van der Waals surface area contributed by atoms with E-state index < -0.39 is 5.60 Å². The molecule has 2 aromatic rings. The monoisotopic (exact) mass is 328 g/mol. The lowest BCUT2D eigenvalue weighted by atomic mass is 9.92. The van der Waals surface area contributed by atoms with Crippen molar-refractivity contribution in [1.29, 1.82) is 0 Å². The first-order valence-electron chi connectivity index (χ1n) is 7.43. The van der Waals surface area contributed by atoms with Gasteiger partial charge in [-0.3, -0.25) is 4.79 Å². The van der Waals surface area contributed by atoms with Gasteiger partial charge in [0.1, 0.15) is 0 Å². The quantitative estimate of drug-likeness (QED) is 0.852. The van der Waals surface area contributed by atoms with Crippen LogP contribution in [0, 0.1) is 0 Å². The van der Waals surface area contributed by atoms with Gasteiger partial charge in [0.25, 0.3) is 5.91 Å². The maximum absolute atomic E-state index is 12.8. The largest absolute Gasteiger partial charge is 0.437 e. The lowest BCUT2D eigenvalue weighted by Crippen LogP contribution is -2.65. The van der Waals surface area contributed by atoms with E-state index in [0.717, 1.165) is 11.1 Å². The van der Waals surface area contributed by atoms with Gasteiger partial charge in [0.05, 0.1) is 25.2 Å². The van der Waals surface area contributed by atoms with Crippen LogP contribution < -0.4 is 0 Å². The molecular weight excluding hydrogens is 312 g/mol. The van der Waals surface area contributed by atoms with Crippen molar-refractivity contribution < 1.29 is 14.3 Å². The molecule has 4 rings (SSSR count). The van der Waals surface area contributed by atoms with Gasteiger partial charge in [-0.15, -0.1) is 0 Å². The molecule has 0 radical (unpaired) electrons. The summed E-state index contributed by atoms with van der Waals surface area (Å²) in [4.78, 5) is 27.6. The van der Waals surface area contributed by atoms with Crippen LogP contribution in [0.4, 0.5) is 4.79 Å². The number of nitrogens with zero attached hydrogens (tertiary/aromatic N) is 2. The van der Waals surface area contributed by atoms with Crippen molar-refractivity contribution in [2.45, 2.75) is 5.60 Å². The number of amides is 2. The first-order valence-corrected chi connectivity index (χ1v) is 8.37. The Balaban J connectivity index is 1.52. The molecule has 2 amide bonds. The number of benzene rings is 1. The van der Waals surface area contributed by atoms with Crippen LogP contribution >= 0.6 is 11.3 Å². The van der Waals surface area contributed by atoms with Gasteiger partial charge in [-0.05, 0) is 10.9 Å². The molecule has 1 aromatic heterocycles. The fraction of sp³-hybridized carbons (Fsp3) is 0.294. The average Bonchev–Trinajstić information content (AvgIpc) is 3.11. The number of rotatable bonds is 2. The van der Waals surface area contributed by atoms with E-state index in [9.17, 15) is 9.59 Å². The van der Waals surface area contributed by atoms with Gasteiger partial charge >= 0.3 is 6.09 Å². The van der Waals surface area contributed by atoms with Gasteiger partial charge in [0, 0.05) is 18.0 Å². The number of ether oxygens (including phenoxy) is 1. The van der Waals surface area contributed by atoms with E-state index in [1.165, 1.54) is 11.3 Å². The molecule has 118 valence electrons. The second-order valence-corrected chi connectivity index (χ2v) is 6.88. The third-order valence-electron chi connectivity index (χ3n) is 4.36. The van der Waals surface area contributed by atoms with Crippen LogP contribution in [-0.2, 0) is 4.74 Å². The highest BCUT2D eigenvalue weighted by Crippen LogP contribution is 2.35. The first-order chi connectivity index (χ1) is 11.1. The van der Waals surface area contributed by atoms with Crippen molar-refractivity contribution in [3.63, 3.8) is 0 Å². The van der Waals surface area contributed by atoms with E-state index in [1.54, 1.807) is 16.8 Å². The smallest absolute Gasteiger partial charge is 0.410 e. The number of hydrogen-bond donors (Lipinski definition) is 0. The van der Waals surface area contributed by atoms with Crippen molar-refractivity contribution in [3.8, 4) is 11.1 Å². The van der Waals surface area contributed by atoms with Crippen LogP contribution in [0.3, 0.4) is 0 Å². The van der Waals surface area contributed by atoms with Crippen LogP contribution in [0.1, 0.15) is 10.4 Å². The summed E-state index contributed by atoms with van der Waals surface area (Å²) in [6.07, 6.45) is -0.308. The summed E-state index contributed by atoms with van der Waals surface area (Å²) < 4.78 is 5.41. The molecule has 0 aliphatic carbocycles. The Morgan fingerprint density at radius 1 is 1.17 bits per heavy atom. The predicted molar refractivity (Wildman–Crippen MR) is 87.5 cm³/mol. The molecule has 0 atom stereocenters. The van der Waals surface area contributed by atoms with Crippen LogP contribution in [0.25, 0.3) is 11.1 Å². The highest BCUT2D eigenvalue weighted by Gasteiger charge is 2.54. The Morgan fingerprint density at radius 2 is 1.91 bits per heavy atom. The van der Waals surface area contributed by atoms with Crippen molar-refractivity contribution in [2.75, 3.05) is 26.7 Å². The zero-order valence-corrected chi connectivity index (χ0v) is 13.5. The molecule has 1 spiro atoms. The maximum atomic E-state index is 12.8. The van der Waals surface area contributed by atoms with E-state index >= 15 is 0 Å². The Bertz CT molecular complexity index is 765. The Labute approximate surface area is 138 Å². The van der Waals surface area contributed by atoms with Crippen LogP contribution in [0.5, 0.6) is 0 Å². The Morgan fingerprint density at radius 3 is 2.57 bits per heavy atom. The predicted octanol–water partition coefficient (Wildman–Crippen LogP) is 2.69. The van der Waals surface area contributed by atoms with Crippen molar-refractivity contribution in [3.05, 3.63) is 46.7 Å². The lowest BCUT2D eigenvalue weighted by Gasteiger charge is -2.45.